The Labute approximate surface area is 110 Å². The van der Waals surface area contributed by atoms with Gasteiger partial charge in [-0.2, -0.15) is 0 Å². The number of para-hydroxylation sites is 2. The minimum absolute atomic E-state index is 0.00972. The fraction of sp³-hybridized carbons (Fsp3) is 0.600. The molecule has 0 amide bonds. The minimum Gasteiger partial charge on any atom is -0.495 e. The molecule has 1 aliphatic carbocycles. The van der Waals surface area contributed by atoms with E-state index in [1.807, 2.05) is 18.2 Å². The molecule has 1 aromatic carbocycles. The van der Waals surface area contributed by atoms with Crippen LogP contribution in [-0.2, 0) is 0 Å². The van der Waals surface area contributed by atoms with Gasteiger partial charge in [0.1, 0.15) is 5.75 Å². The van der Waals surface area contributed by atoms with Crippen LogP contribution in [-0.4, -0.2) is 26.2 Å². The van der Waals surface area contributed by atoms with E-state index in [1.165, 1.54) is 12.8 Å². The van der Waals surface area contributed by atoms with Crippen LogP contribution in [0.1, 0.15) is 26.2 Å². The van der Waals surface area contributed by atoms with Crippen LogP contribution in [0, 0.1) is 5.92 Å². The third-order valence-electron chi connectivity index (χ3n) is 4.12. The van der Waals surface area contributed by atoms with Crippen LogP contribution in [0.5, 0.6) is 5.75 Å². The van der Waals surface area contributed by atoms with E-state index in [4.69, 9.17) is 10.5 Å². The molecule has 0 radical (unpaired) electrons. The van der Waals surface area contributed by atoms with Crippen LogP contribution in [0.4, 0.5) is 5.69 Å². The van der Waals surface area contributed by atoms with Gasteiger partial charge in [0.15, 0.2) is 0 Å². The highest BCUT2D eigenvalue weighted by Gasteiger charge is 2.36. The van der Waals surface area contributed by atoms with Gasteiger partial charge >= 0.3 is 0 Å². The molecule has 0 aromatic heterocycles. The van der Waals surface area contributed by atoms with E-state index in [2.05, 4.69) is 24.9 Å². The van der Waals surface area contributed by atoms with Crippen molar-refractivity contribution in [2.45, 2.75) is 31.7 Å². The number of hydrogen-bond donors (Lipinski definition) is 1. The van der Waals surface area contributed by atoms with Crippen molar-refractivity contribution in [3.05, 3.63) is 24.3 Å². The summed E-state index contributed by atoms with van der Waals surface area (Å²) in [4.78, 5) is 2.28. The highest BCUT2D eigenvalue weighted by atomic mass is 16.5. The summed E-state index contributed by atoms with van der Waals surface area (Å²) in [5, 5.41) is 0. The molecule has 1 aromatic rings. The maximum atomic E-state index is 6.03. The quantitative estimate of drug-likeness (QED) is 0.841. The number of nitrogens with two attached hydrogens (primary N) is 1. The van der Waals surface area contributed by atoms with Crippen molar-refractivity contribution in [1.82, 2.24) is 0 Å². The number of ether oxygens (including phenoxy) is 1. The molecule has 0 saturated heterocycles. The van der Waals surface area contributed by atoms with E-state index in [9.17, 15) is 0 Å². The summed E-state index contributed by atoms with van der Waals surface area (Å²) in [5.74, 6) is 1.77. The van der Waals surface area contributed by atoms with Gasteiger partial charge in [0.05, 0.1) is 12.8 Å². The molecule has 1 atom stereocenters. The zero-order valence-electron chi connectivity index (χ0n) is 11.6. The van der Waals surface area contributed by atoms with Crippen molar-refractivity contribution in [2.24, 2.45) is 11.7 Å². The second kappa shape index (κ2) is 5.19. The molecule has 1 unspecified atom stereocenters. The maximum Gasteiger partial charge on any atom is 0.142 e. The van der Waals surface area contributed by atoms with E-state index in [-0.39, 0.29) is 5.54 Å². The normalized spacial score (nSPS) is 18.2. The Morgan fingerprint density at radius 1 is 1.39 bits per heavy atom. The number of likely N-dealkylation sites (N-methyl/N-ethyl adjacent to an activating group) is 1. The smallest absolute Gasteiger partial charge is 0.142 e. The minimum atomic E-state index is 0.00972. The lowest BCUT2D eigenvalue weighted by Gasteiger charge is -2.40. The number of benzene rings is 1. The average Bonchev–Trinajstić information content (AvgIpc) is 3.21. The number of nitrogens with zero attached hydrogens (tertiary/aromatic N) is 1. The third kappa shape index (κ3) is 2.61. The zero-order valence-corrected chi connectivity index (χ0v) is 11.6. The van der Waals surface area contributed by atoms with Gasteiger partial charge < -0.3 is 15.4 Å². The molecule has 100 valence electrons. The molecule has 1 saturated carbocycles. The topological polar surface area (TPSA) is 38.5 Å². The predicted octanol–water partition coefficient (Wildman–Crippen LogP) is 2.65. The van der Waals surface area contributed by atoms with Crippen molar-refractivity contribution in [3.63, 3.8) is 0 Å². The number of anilines is 1. The summed E-state index contributed by atoms with van der Waals surface area (Å²) in [5.41, 5.74) is 7.16. The summed E-state index contributed by atoms with van der Waals surface area (Å²) >= 11 is 0. The van der Waals surface area contributed by atoms with Gasteiger partial charge in [-0.1, -0.05) is 25.0 Å². The van der Waals surface area contributed by atoms with Gasteiger partial charge in [-0.25, -0.2) is 0 Å². The first kappa shape index (κ1) is 13.2. The monoisotopic (exact) mass is 248 g/mol. The van der Waals surface area contributed by atoms with Crippen molar-refractivity contribution in [1.29, 1.82) is 0 Å². The lowest BCUT2D eigenvalue weighted by Crippen LogP contribution is -2.50. The summed E-state index contributed by atoms with van der Waals surface area (Å²) in [6.45, 7) is 2.91. The van der Waals surface area contributed by atoms with Crippen LogP contribution < -0.4 is 15.4 Å². The predicted molar refractivity (Wildman–Crippen MR) is 76.2 cm³/mol. The second-order valence-corrected chi connectivity index (χ2v) is 5.58. The van der Waals surface area contributed by atoms with E-state index >= 15 is 0 Å². The maximum absolute atomic E-state index is 6.03. The highest BCUT2D eigenvalue weighted by molar-refractivity contribution is 5.59. The van der Waals surface area contributed by atoms with Crippen LogP contribution in [0.15, 0.2) is 24.3 Å². The van der Waals surface area contributed by atoms with E-state index < -0.39 is 0 Å². The van der Waals surface area contributed by atoms with Gasteiger partial charge in [0.25, 0.3) is 0 Å². The Bertz CT molecular complexity index is 403. The Morgan fingerprint density at radius 3 is 2.61 bits per heavy atom. The first-order valence-corrected chi connectivity index (χ1v) is 6.67. The molecule has 0 bridgehead atoms. The molecule has 2 N–H and O–H groups in total. The third-order valence-corrected chi connectivity index (χ3v) is 4.12. The van der Waals surface area contributed by atoms with Gasteiger partial charge in [-0.15, -0.1) is 0 Å². The second-order valence-electron chi connectivity index (χ2n) is 5.58. The van der Waals surface area contributed by atoms with Gasteiger partial charge in [0.2, 0.25) is 0 Å². The van der Waals surface area contributed by atoms with Crippen molar-refractivity contribution >= 4 is 5.69 Å². The van der Waals surface area contributed by atoms with E-state index in [0.29, 0.717) is 6.54 Å². The van der Waals surface area contributed by atoms with E-state index in [1.54, 1.807) is 7.11 Å². The summed E-state index contributed by atoms with van der Waals surface area (Å²) < 4.78 is 5.44. The van der Waals surface area contributed by atoms with E-state index in [0.717, 1.165) is 23.8 Å². The Hall–Kier alpha value is -1.22. The van der Waals surface area contributed by atoms with Gasteiger partial charge in [-0.05, 0) is 31.4 Å². The highest BCUT2D eigenvalue weighted by Crippen LogP contribution is 2.41. The van der Waals surface area contributed by atoms with Crippen molar-refractivity contribution in [3.8, 4) is 5.75 Å². The average molecular weight is 248 g/mol. The zero-order chi connectivity index (χ0) is 13.2. The molecular formula is C15H24N2O. The van der Waals surface area contributed by atoms with Gasteiger partial charge in [0, 0.05) is 19.1 Å². The molecule has 0 spiro atoms. The van der Waals surface area contributed by atoms with Crippen molar-refractivity contribution < 1.29 is 4.74 Å². The molecule has 3 heteroatoms. The largest absolute Gasteiger partial charge is 0.495 e. The SMILES string of the molecule is COc1ccccc1N(C)C(C)(CN)CC1CC1. The van der Waals surface area contributed by atoms with Crippen LogP contribution in [0.2, 0.25) is 0 Å². The summed E-state index contributed by atoms with van der Waals surface area (Å²) in [6.07, 6.45) is 3.88. The summed E-state index contributed by atoms with van der Waals surface area (Å²) in [7, 11) is 3.83. The number of hydrogen-bond acceptors (Lipinski definition) is 3. The molecule has 0 aliphatic heterocycles. The number of methoxy groups -OCH3 is 1. The Balaban J connectivity index is 2.23. The fourth-order valence-electron chi connectivity index (χ4n) is 2.50. The van der Waals surface area contributed by atoms with Gasteiger partial charge in [-0.3, -0.25) is 0 Å². The number of rotatable bonds is 6. The lowest BCUT2D eigenvalue weighted by molar-refractivity contribution is 0.381. The van der Waals surface area contributed by atoms with Crippen LogP contribution in [0.3, 0.4) is 0 Å². The molecule has 3 nitrogen and oxygen atoms in total. The first-order valence-electron chi connectivity index (χ1n) is 6.67. The first-order chi connectivity index (χ1) is 8.60. The Kier molecular flexibility index (Phi) is 3.81. The van der Waals surface area contributed by atoms with Crippen molar-refractivity contribution in [2.75, 3.05) is 25.6 Å². The molecule has 2 rings (SSSR count). The fourth-order valence-corrected chi connectivity index (χ4v) is 2.50. The summed E-state index contributed by atoms with van der Waals surface area (Å²) in [6, 6.07) is 8.14. The Morgan fingerprint density at radius 2 is 2.06 bits per heavy atom. The van der Waals surface area contributed by atoms with Crippen LogP contribution in [0.25, 0.3) is 0 Å². The lowest BCUT2D eigenvalue weighted by atomic mass is 9.92. The standard InChI is InChI=1S/C15H24N2O/c1-15(11-16,10-12-8-9-12)17(2)13-6-4-5-7-14(13)18-3/h4-7,12H,8-11,16H2,1-3H3. The molecule has 1 aliphatic rings. The molecule has 0 heterocycles. The molecular weight excluding hydrogens is 224 g/mol. The molecule has 1 fully saturated rings. The molecule has 18 heavy (non-hydrogen) atoms. The van der Waals surface area contributed by atoms with Crippen LogP contribution >= 0.6 is 0 Å².